The first kappa shape index (κ1) is 12.1. The summed E-state index contributed by atoms with van der Waals surface area (Å²) in [6, 6.07) is 7.42. The molecular weight excluding hydrogens is 307 g/mol. The Kier molecular flexibility index (Phi) is 3.22. The lowest BCUT2D eigenvalue weighted by molar-refractivity contribution is 0.0691. The second kappa shape index (κ2) is 4.50. The van der Waals surface area contributed by atoms with Crippen molar-refractivity contribution in [2.45, 2.75) is 0 Å². The quantitative estimate of drug-likeness (QED) is 0.926. The average molecular weight is 316 g/mol. The van der Waals surface area contributed by atoms with Gasteiger partial charge < -0.3 is 9.67 Å². The zero-order valence-corrected chi connectivity index (χ0v) is 11.2. The van der Waals surface area contributed by atoms with E-state index in [1.807, 2.05) is 24.3 Å². The van der Waals surface area contributed by atoms with Crippen molar-refractivity contribution >= 4 is 33.5 Å². The number of carboxylic acids is 1. The molecule has 1 aromatic carbocycles. The van der Waals surface area contributed by atoms with Crippen molar-refractivity contribution in [1.82, 2.24) is 9.55 Å². The predicted octanol–water partition coefficient (Wildman–Crippen LogP) is 3.20. The molecule has 0 aliphatic heterocycles. The molecule has 0 radical (unpaired) electrons. The third kappa shape index (κ3) is 2.08. The summed E-state index contributed by atoms with van der Waals surface area (Å²) in [7, 11) is 1.68. The van der Waals surface area contributed by atoms with Gasteiger partial charge in [-0.3, -0.25) is 0 Å². The van der Waals surface area contributed by atoms with E-state index in [1.54, 1.807) is 11.6 Å². The van der Waals surface area contributed by atoms with E-state index in [-0.39, 0.29) is 10.8 Å². The second-order valence-electron chi connectivity index (χ2n) is 3.42. The fourth-order valence-electron chi connectivity index (χ4n) is 1.50. The maximum atomic E-state index is 10.9. The van der Waals surface area contributed by atoms with Gasteiger partial charge in [-0.2, -0.15) is 0 Å². The number of carboxylic acid groups (broad SMARTS) is 1. The van der Waals surface area contributed by atoms with Crippen LogP contribution in [-0.4, -0.2) is 20.6 Å². The van der Waals surface area contributed by atoms with E-state index in [9.17, 15) is 4.79 Å². The van der Waals surface area contributed by atoms with Crippen LogP contribution in [-0.2, 0) is 7.05 Å². The van der Waals surface area contributed by atoms with E-state index < -0.39 is 5.97 Å². The first-order chi connectivity index (χ1) is 8.02. The van der Waals surface area contributed by atoms with Gasteiger partial charge >= 0.3 is 5.97 Å². The molecule has 6 heteroatoms. The lowest BCUT2D eigenvalue weighted by Crippen LogP contribution is -1.97. The van der Waals surface area contributed by atoms with Crippen molar-refractivity contribution in [3.05, 3.63) is 39.6 Å². The van der Waals surface area contributed by atoms with Crippen LogP contribution in [0.1, 0.15) is 10.5 Å². The first-order valence-electron chi connectivity index (χ1n) is 4.72. The number of halogens is 2. The highest BCUT2D eigenvalue weighted by Gasteiger charge is 2.20. The molecule has 88 valence electrons. The largest absolute Gasteiger partial charge is 0.476 e. The standard InChI is InChI=1S/C11H8BrClN2O2/c1-15-9(13)8(11(16)17)14-10(15)6-4-2-3-5-7(6)12/h2-5H,1H3,(H,16,17). The lowest BCUT2D eigenvalue weighted by atomic mass is 10.2. The molecule has 1 heterocycles. The smallest absolute Gasteiger partial charge is 0.357 e. The molecule has 2 aromatic rings. The minimum Gasteiger partial charge on any atom is -0.476 e. The molecule has 0 bridgehead atoms. The van der Waals surface area contributed by atoms with Crippen molar-refractivity contribution in [3.8, 4) is 11.4 Å². The maximum Gasteiger partial charge on any atom is 0.357 e. The average Bonchev–Trinajstić information content (AvgIpc) is 2.57. The molecular formula is C11H8BrClN2O2. The predicted molar refractivity (Wildman–Crippen MR) is 68.3 cm³/mol. The summed E-state index contributed by atoms with van der Waals surface area (Å²) >= 11 is 9.31. The Balaban J connectivity index is 2.66. The third-order valence-corrected chi connectivity index (χ3v) is 3.47. The van der Waals surface area contributed by atoms with E-state index in [1.165, 1.54) is 0 Å². The fraction of sp³-hybridized carbons (Fsp3) is 0.0909. The van der Waals surface area contributed by atoms with Crippen LogP contribution >= 0.6 is 27.5 Å². The van der Waals surface area contributed by atoms with E-state index in [4.69, 9.17) is 16.7 Å². The van der Waals surface area contributed by atoms with Crippen LogP contribution in [0.2, 0.25) is 5.15 Å². The van der Waals surface area contributed by atoms with Crippen LogP contribution in [0.4, 0.5) is 0 Å². The maximum absolute atomic E-state index is 10.9. The highest BCUT2D eigenvalue weighted by atomic mass is 79.9. The summed E-state index contributed by atoms with van der Waals surface area (Å²) in [6.45, 7) is 0. The number of hydrogen-bond acceptors (Lipinski definition) is 2. The Morgan fingerprint density at radius 3 is 2.65 bits per heavy atom. The summed E-state index contributed by atoms with van der Waals surface area (Å²) in [5.74, 6) is -0.622. The Morgan fingerprint density at radius 1 is 1.47 bits per heavy atom. The highest BCUT2D eigenvalue weighted by molar-refractivity contribution is 9.10. The minimum absolute atomic E-state index is 0.114. The molecule has 1 N–H and O–H groups in total. The monoisotopic (exact) mass is 314 g/mol. The topological polar surface area (TPSA) is 55.1 Å². The molecule has 0 fully saturated rings. The number of aromatic nitrogens is 2. The number of carbonyl (C=O) groups is 1. The molecule has 17 heavy (non-hydrogen) atoms. The van der Waals surface area contributed by atoms with Gasteiger partial charge in [0.1, 0.15) is 11.0 Å². The zero-order valence-electron chi connectivity index (χ0n) is 8.82. The Bertz CT molecular complexity index is 595. The molecule has 4 nitrogen and oxygen atoms in total. The lowest BCUT2D eigenvalue weighted by Gasteiger charge is -2.04. The van der Waals surface area contributed by atoms with Crippen molar-refractivity contribution in [2.24, 2.45) is 7.05 Å². The number of rotatable bonds is 2. The van der Waals surface area contributed by atoms with Crippen LogP contribution in [0.5, 0.6) is 0 Å². The molecule has 2 rings (SSSR count). The van der Waals surface area contributed by atoms with Gasteiger partial charge in [0, 0.05) is 17.1 Å². The molecule has 0 atom stereocenters. The number of hydrogen-bond donors (Lipinski definition) is 1. The van der Waals surface area contributed by atoms with Gasteiger partial charge in [0.25, 0.3) is 0 Å². The number of nitrogens with zero attached hydrogens (tertiary/aromatic N) is 2. The Labute approximate surface area is 111 Å². The van der Waals surface area contributed by atoms with Crippen molar-refractivity contribution < 1.29 is 9.90 Å². The number of benzene rings is 1. The van der Waals surface area contributed by atoms with Gasteiger partial charge in [0.15, 0.2) is 5.69 Å². The molecule has 0 saturated heterocycles. The summed E-state index contributed by atoms with van der Waals surface area (Å²) in [5, 5.41) is 9.06. The normalized spacial score (nSPS) is 10.5. The summed E-state index contributed by atoms with van der Waals surface area (Å²) in [5.41, 5.74) is 0.657. The van der Waals surface area contributed by atoms with Gasteiger partial charge in [-0.1, -0.05) is 45.7 Å². The molecule has 0 aliphatic rings. The molecule has 0 aliphatic carbocycles. The molecule has 0 unspecified atom stereocenters. The second-order valence-corrected chi connectivity index (χ2v) is 4.63. The molecule has 0 spiro atoms. The zero-order chi connectivity index (χ0) is 12.6. The summed E-state index contributed by atoms with van der Waals surface area (Å²) in [4.78, 5) is 15.0. The van der Waals surface area contributed by atoms with Crippen LogP contribution < -0.4 is 0 Å². The molecule has 0 saturated carbocycles. The van der Waals surface area contributed by atoms with Crippen molar-refractivity contribution in [3.63, 3.8) is 0 Å². The van der Waals surface area contributed by atoms with E-state index >= 15 is 0 Å². The van der Waals surface area contributed by atoms with Crippen LogP contribution in [0.15, 0.2) is 28.7 Å². The van der Waals surface area contributed by atoms with E-state index in [0.29, 0.717) is 5.82 Å². The summed E-state index contributed by atoms with van der Waals surface area (Å²) in [6.07, 6.45) is 0. The van der Waals surface area contributed by atoms with E-state index in [2.05, 4.69) is 20.9 Å². The number of imidazole rings is 1. The first-order valence-corrected chi connectivity index (χ1v) is 5.90. The van der Waals surface area contributed by atoms with Gasteiger partial charge in [-0.15, -0.1) is 0 Å². The summed E-state index contributed by atoms with van der Waals surface area (Å²) < 4.78 is 2.38. The fourth-order valence-corrected chi connectivity index (χ4v) is 2.16. The SMILES string of the molecule is Cn1c(-c2ccccc2Br)nc(C(=O)O)c1Cl. The van der Waals surface area contributed by atoms with Crippen LogP contribution in [0.25, 0.3) is 11.4 Å². The van der Waals surface area contributed by atoms with Gasteiger partial charge in [-0.05, 0) is 6.07 Å². The number of aromatic carboxylic acids is 1. The van der Waals surface area contributed by atoms with Crippen molar-refractivity contribution in [1.29, 1.82) is 0 Å². The van der Waals surface area contributed by atoms with Crippen molar-refractivity contribution in [2.75, 3.05) is 0 Å². The van der Waals surface area contributed by atoms with E-state index in [0.717, 1.165) is 10.0 Å². The Hall–Kier alpha value is -1.33. The van der Waals surface area contributed by atoms with Gasteiger partial charge in [-0.25, -0.2) is 9.78 Å². The van der Waals surface area contributed by atoms with Gasteiger partial charge in [0.2, 0.25) is 0 Å². The Morgan fingerprint density at radius 2 is 2.12 bits per heavy atom. The van der Waals surface area contributed by atoms with Crippen LogP contribution in [0, 0.1) is 0 Å². The van der Waals surface area contributed by atoms with Crippen LogP contribution in [0.3, 0.4) is 0 Å². The third-order valence-electron chi connectivity index (χ3n) is 2.34. The minimum atomic E-state index is -1.14. The highest BCUT2D eigenvalue weighted by Crippen LogP contribution is 2.30. The van der Waals surface area contributed by atoms with Gasteiger partial charge in [0.05, 0.1) is 0 Å². The molecule has 1 aromatic heterocycles. The molecule has 0 amide bonds.